The van der Waals surface area contributed by atoms with Crippen LogP contribution in [0.4, 0.5) is 0 Å². The molecule has 0 bridgehead atoms. The first-order valence-electron chi connectivity index (χ1n) is 16.1. The Labute approximate surface area is 278 Å². The molecule has 0 atom stereocenters. The van der Waals surface area contributed by atoms with Gasteiger partial charge >= 0.3 is 0 Å². The third-order valence-electron chi connectivity index (χ3n) is 9.00. The maximum Gasteiger partial charge on any atom is 0.164 e. The number of benzene rings is 7. The molecule has 0 saturated heterocycles. The molecule has 0 saturated carbocycles. The highest BCUT2D eigenvalue weighted by Crippen LogP contribution is 2.40. The molecule has 0 aliphatic carbocycles. The Morgan fingerprint density at radius 2 is 0.792 bits per heavy atom. The zero-order chi connectivity index (χ0) is 31.9. The van der Waals surface area contributed by atoms with Gasteiger partial charge in [0.2, 0.25) is 0 Å². The van der Waals surface area contributed by atoms with E-state index in [1.165, 1.54) is 38.2 Å². The van der Waals surface area contributed by atoms with Crippen molar-refractivity contribution in [2.24, 2.45) is 0 Å². The summed E-state index contributed by atoms with van der Waals surface area (Å²) in [5.74, 6) is 1.96. The second-order valence-corrected chi connectivity index (χ2v) is 11.9. The molecule has 7 aromatic carbocycles. The third-order valence-corrected chi connectivity index (χ3v) is 9.00. The van der Waals surface area contributed by atoms with Crippen molar-refractivity contribution in [3.8, 4) is 56.4 Å². The molecule has 0 amide bonds. The van der Waals surface area contributed by atoms with E-state index in [0.29, 0.717) is 17.5 Å². The van der Waals surface area contributed by atoms with Crippen LogP contribution in [0.25, 0.3) is 88.9 Å². The molecule has 0 unspecified atom stereocenters. The molecule has 48 heavy (non-hydrogen) atoms. The van der Waals surface area contributed by atoms with Gasteiger partial charge in [-0.1, -0.05) is 158 Å². The lowest BCUT2D eigenvalue weighted by atomic mass is 9.89. The molecule has 4 nitrogen and oxygen atoms in total. The van der Waals surface area contributed by atoms with Crippen LogP contribution in [0.2, 0.25) is 0 Å². The van der Waals surface area contributed by atoms with Crippen LogP contribution in [-0.2, 0) is 0 Å². The molecule has 0 aliphatic heterocycles. The van der Waals surface area contributed by atoms with Crippen LogP contribution < -0.4 is 0 Å². The number of hydrogen-bond acceptors (Lipinski definition) is 4. The fraction of sp³-hybridized carbons (Fsp3) is 0. The summed E-state index contributed by atoms with van der Waals surface area (Å²) in [5, 5.41) is 5.93. The van der Waals surface area contributed by atoms with Crippen molar-refractivity contribution >= 4 is 32.4 Å². The topological polar surface area (TPSA) is 51.6 Å². The van der Waals surface area contributed by atoms with Gasteiger partial charge in [-0.2, -0.15) is 0 Å². The smallest absolute Gasteiger partial charge is 0.164 e. The SMILES string of the molecule is c1ccc(-c2nc(-c3ccccc3)nc(-c3ccc(-c4ccc(-c5cccc6c5ccc5cccnc56)c5ccccc45)cc3)n2)cc1. The van der Waals surface area contributed by atoms with Crippen molar-refractivity contribution < 1.29 is 0 Å². The lowest BCUT2D eigenvalue weighted by molar-refractivity contribution is 1.07. The van der Waals surface area contributed by atoms with Crippen LogP contribution in [0.15, 0.2) is 170 Å². The van der Waals surface area contributed by atoms with Gasteiger partial charge in [-0.25, -0.2) is 15.0 Å². The number of pyridine rings is 1. The minimum absolute atomic E-state index is 0.646. The lowest BCUT2D eigenvalue weighted by Gasteiger charge is -2.15. The molecule has 2 aromatic heterocycles. The van der Waals surface area contributed by atoms with Crippen LogP contribution in [0.3, 0.4) is 0 Å². The lowest BCUT2D eigenvalue weighted by Crippen LogP contribution is -2.00. The summed E-state index contributed by atoms with van der Waals surface area (Å²) in [6, 6.07) is 56.9. The summed E-state index contributed by atoms with van der Waals surface area (Å²) in [6.45, 7) is 0. The zero-order valence-corrected chi connectivity index (χ0v) is 26.0. The molecule has 9 rings (SSSR count). The Bertz CT molecular complexity index is 2540. The number of fused-ring (bicyclic) bond motifs is 4. The summed E-state index contributed by atoms with van der Waals surface area (Å²) in [5.41, 5.74) is 8.61. The van der Waals surface area contributed by atoms with E-state index < -0.39 is 0 Å². The summed E-state index contributed by atoms with van der Waals surface area (Å²) in [6.07, 6.45) is 1.87. The standard InChI is InChI=1S/C44H28N4/c1-3-11-31(12-4-1)42-46-43(32-13-5-2-6-14-32)48-44(47-42)33-22-20-29(21-23-33)34-26-27-38(36-17-8-7-16-35(34)36)37-18-9-19-40-39(37)25-24-30-15-10-28-45-41(30)40/h1-28H. The van der Waals surface area contributed by atoms with Crippen LogP contribution in [-0.4, -0.2) is 19.9 Å². The number of aromatic nitrogens is 4. The molecule has 9 aromatic rings. The van der Waals surface area contributed by atoms with Gasteiger partial charge < -0.3 is 0 Å². The second-order valence-electron chi connectivity index (χ2n) is 11.9. The van der Waals surface area contributed by atoms with E-state index in [4.69, 9.17) is 19.9 Å². The van der Waals surface area contributed by atoms with Crippen molar-refractivity contribution in [2.75, 3.05) is 0 Å². The van der Waals surface area contributed by atoms with Crippen molar-refractivity contribution in [3.63, 3.8) is 0 Å². The van der Waals surface area contributed by atoms with E-state index in [2.05, 4.69) is 97.1 Å². The van der Waals surface area contributed by atoms with Gasteiger partial charge in [0, 0.05) is 33.7 Å². The summed E-state index contributed by atoms with van der Waals surface area (Å²) < 4.78 is 0. The fourth-order valence-corrected chi connectivity index (χ4v) is 6.66. The van der Waals surface area contributed by atoms with Crippen LogP contribution in [0.5, 0.6) is 0 Å². The first kappa shape index (κ1) is 27.8. The Kier molecular flexibility index (Phi) is 6.76. The number of rotatable bonds is 5. The van der Waals surface area contributed by atoms with Crippen molar-refractivity contribution in [1.82, 2.24) is 19.9 Å². The molecule has 224 valence electrons. The normalized spacial score (nSPS) is 11.3. The molecule has 0 fully saturated rings. The number of hydrogen-bond donors (Lipinski definition) is 0. The van der Waals surface area contributed by atoms with Gasteiger partial charge in [-0.15, -0.1) is 0 Å². The van der Waals surface area contributed by atoms with Gasteiger partial charge in [0.05, 0.1) is 5.52 Å². The Morgan fingerprint density at radius 1 is 0.292 bits per heavy atom. The van der Waals surface area contributed by atoms with E-state index in [-0.39, 0.29) is 0 Å². The quantitative estimate of drug-likeness (QED) is 0.181. The van der Waals surface area contributed by atoms with Gasteiger partial charge in [0.1, 0.15) is 0 Å². The monoisotopic (exact) mass is 612 g/mol. The number of nitrogens with zero attached hydrogens (tertiary/aromatic N) is 4. The molecule has 2 heterocycles. The maximum absolute atomic E-state index is 4.91. The molecular weight excluding hydrogens is 585 g/mol. The predicted octanol–water partition coefficient (Wildman–Crippen LogP) is 11.1. The van der Waals surface area contributed by atoms with Gasteiger partial charge in [-0.3, -0.25) is 4.98 Å². The molecular formula is C44H28N4. The summed E-state index contributed by atoms with van der Waals surface area (Å²) in [7, 11) is 0. The van der Waals surface area contributed by atoms with Gasteiger partial charge in [0.25, 0.3) is 0 Å². The van der Waals surface area contributed by atoms with Crippen LogP contribution in [0.1, 0.15) is 0 Å². The molecule has 0 N–H and O–H groups in total. The highest BCUT2D eigenvalue weighted by atomic mass is 15.0. The highest BCUT2D eigenvalue weighted by Gasteiger charge is 2.15. The van der Waals surface area contributed by atoms with E-state index >= 15 is 0 Å². The molecule has 0 aliphatic rings. The van der Waals surface area contributed by atoms with E-state index in [9.17, 15) is 0 Å². The van der Waals surface area contributed by atoms with Crippen molar-refractivity contribution in [2.45, 2.75) is 0 Å². The van der Waals surface area contributed by atoms with Crippen LogP contribution in [0, 0.1) is 0 Å². The summed E-state index contributed by atoms with van der Waals surface area (Å²) >= 11 is 0. The average molecular weight is 613 g/mol. The first-order chi connectivity index (χ1) is 23.8. The minimum atomic E-state index is 0.646. The molecule has 0 radical (unpaired) electrons. The Balaban J connectivity index is 1.14. The molecule has 0 spiro atoms. The molecule has 4 heteroatoms. The predicted molar refractivity (Wildman–Crippen MR) is 197 cm³/mol. The van der Waals surface area contributed by atoms with Gasteiger partial charge in [-0.05, 0) is 44.5 Å². The van der Waals surface area contributed by atoms with E-state index in [1.54, 1.807) is 0 Å². The zero-order valence-electron chi connectivity index (χ0n) is 26.0. The van der Waals surface area contributed by atoms with E-state index in [0.717, 1.165) is 33.2 Å². The maximum atomic E-state index is 4.91. The largest absolute Gasteiger partial charge is 0.256 e. The average Bonchev–Trinajstić information content (AvgIpc) is 3.18. The van der Waals surface area contributed by atoms with E-state index in [1.807, 2.05) is 72.9 Å². The highest BCUT2D eigenvalue weighted by molar-refractivity contribution is 6.14. The van der Waals surface area contributed by atoms with Gasteiger partial charge in [0.15, 0.2) is 17.5 Å². The van der Waals surface area contributed by atoms with Crippen LogP contribution >= 0.6 is 0 Å². The summed E-state index contributed by atoms with van der Waals surface area (Å²) in [4.78, 5) is 19.4. The Hall–Kier alpha value is -6.52. The third kappa shape index (κ3) is 4.88. The van der Waals surface area contributed by atoms with Crippen molar-refractivity contribution in [3.05, 3.63) is 170 Å². The Morgan fingerprint density at radius 3 is 1.46 bits per heavy atom. The second kappa shape index (κ2) is 11.7. The fourth-order valence-electron chi connectivity index (χ4n) is 6.66. The van der Waals surface area contributed by atoms with Crippen molar-refractivity contribution in [1.29, 1.82) is 0 Å². The minimum Gasteiger partial charge on any atom is -0.256 e. The first-order valence-corrected chi connectivity index (χ1v) is 16.1.